The van der Waals surface area contributed by atoms with Crippen LogP contribution in [0.2, 0.25) is 0 Å². The number of rotatable bonds is 1. The van der Waals surface area contributed by atoms with Crippen molar-refractivity contribution in [3.05, 3.63) is 11.6 Å². The monoisotopic (exact) mass is 197 g/mol. The molecule has 0 bridgehead atoms. The van der Waals surface area contributed by atoms with Gasteiger partial charge in [-0.1, -0.05) is 6.08 Å². The van der Waals surface area contributed by atoms with Crippen LogP contribution in [0.1, 0.15) is 33.6 Å². The number of nitrogens with one attached hydrogen (secondary N) is 1. The predicted octanol–water partition coefficient (Wildman–Crippen LogP) is 1.64. The van der Waals surface area contributed by atoms with Gasteiger partial charge in [-0.05, 0) is 40.2 Å². The summed E-state index contributed by atoms with van der Waals surface area (Å²) in [4.78, 5) is 11.6. The van der Waals surface area contributed by atoms with Crippen molar-refractivity contribution in [3.8, 4) is 0 Å². The molecule has 0 spiro atoms. The average molecular weight is 197 g/mol. The molecular weight excluding hydrogens is 178 g/mol. The Bertz CT molecular complexity index is 238. The molecule has 0 saturated heterocycles. The first-order chi connectivity index (χ1) is 6.49. The van der Waals surface area contributed by atoms with E-state index in [1.54, 1.807) is 0 Å². The normalized spacial score (nSPS) is 18.4. The molecular formula is C11H19NO2. The smallest absolute Gasteiger partial charge is 0.334 e. The van der Waals surface area contributed by atoms with E-state index in [-0.39, 0.29) is 5.97 Å². The van der Waals surface area contributed by atoms with Gasteiger partial charge in [0.2, 0.25) is 0 Å². The van der Waals surface area contributed by atoms with Gasteiger partial charge in [0.05, 0.1) is 0 Å². The molecule has 0 aromatic heterocycles. The van der Waals surface area contributed by atoms with Gasteiger partial charge >= 0.3 is 5.97 Å². The number of carbonyl (C=O) groups excluding carboxylic acids is 1. The third-order valence-electron chi connectivity index (χ3n) is 1.95. The molecule has 0 saturated carbocycles. The fourth-order valence-corrected chi connectivity index (χ4v) is 1.33. The second-order valence-corrected chi connectivity index (χ2v) is 4.54. The Morgan fingerprint density at radius 2 is 2.21 bits per heavy atom. The van der Waals surface area contributed by atoms with Crippen LogP contribution in [0.4, 0.5) is 0 Å². The lowest BCUT2D eigenvalue weighted by Crippen LogP contribution is -2.25. The van der Waals surface area contributed by atoms with Gasteiger partial charge in [-0.2, -0.15) is 0 Å². The van der Waals surface area contributed by atoms with Gasteiger partial charge in [0.15, 0.2) is 0 Å². The maximum atomic E-state index is 11.6. The van der Waals surface area contributed by atoms with Crippen molar-refractivity contribution in [2.45, 2.75) is 39.2 Å². The van der Waals surface area contributed by atoms with Gasteiger partial charge in [-0.15, -0.1) is 0 Å². The third kappa shape index (κ3) is 3.92. The Morgan fingerprint density at radius 3 is 2.86 bits per heavy atom. The van der Waals surface area contributed by atoms with Crippen LogP contribution in [-0.2, 0) is 9.53 Å². The molecule has 3 nitrogen and oxygen atoms in total. The molecule has 14 heavy (non-hydrogen) atoms. The van der Waals surface area contributed by atoms with Crippen molar-refractivity contribution >= 4 is 5.97 Å². The van der Waals surface area contributed by atoms with Crippen molar-refractivity contribution in [1.82, 2.24) is 5.32 Å². The molecule has 0 aliphatic carbocycles. The van der Waals surface area contributed by atoms with Crippen molar-refractivity contribution in [1.29, 1.82) is 0 Å². The summed E-state index contributed by atoms with van der Waals surface area (Å²) in [5, 5.41) is 3.21. The van der Waals surface area contributed by atoms with Gasteiger partial charge < -0.3 is 10.1 Å². The van der Waals surface area contributed by atoms with Gasteiger partial charge in [0, 0.05) is 12.1 Å². The van der Waals surface area contributed by atoms with Gasteiger partial charge in [0.25, 0.3) is 0 Å². The molecule has 3 heteroatoms. The molecule has 0 aromatic rings. The van der Waals surface area contributed by atoms with Crippen LogP contribution in [0.15, 0.2) is 11.6 Å². The zero-order valence-corrected chi connectivity index (χ0v) is 9.22. The van der Waals surface area contributed by atoms with Crippen LogP contribution >= 0.6 is 0 Å². The summed E-state index contributed by atoms with van der Waals surface area (Å²) in [5.74, 6) is -0.166. The second-order valence-electron chi connectivity index (χ2n) is 4.54. The van der Waals surface area contributed by atoms with Crippen LogP contribution in [0.3, 0.4) is 0 Å². The van der Waals surface area contributed by atoms with E-state index in [9.17, 15) is 4.79 Å². The molecule has 0 fully saturated rings. The molecule has 1 aliphatic rings. The summed E-state index contributed by atoms with van der Waals surface area (Å²) >= 11 is 0. The Hall–Kier alpha value is -0.830. The lowest BCUT2D eigenvalue weighted by atomic mass is 10.1. The Morgan fingerprint density at radius 1 is 1.50 bits per heavy atom. The average Bonchev–Trinajstić information content (AvgIpc) is 2.27. The summed E-state index contributed by atoms with van der Waals surface area (Å²) in [6.07, 6.45) is 3.76. The predicted molar refractivity (Wildman–Crippen MR) is 56.0 cm³/mol. The van der Waals surface area contributed by atoms with E-state index in [4.69, 9.17) is 4.74 Å². The summed E-state index contributed by atoms with van der Waals surface area (Å²) in [6.45, 7) is 7.42. The maximum Gasteiger partial charge on any atom is 0.334 e. The van der Waals surface area contributed by atoms with Crippen LogP contribution in [0.5, 0.6) is 0 Å². The fraction of sp³-hybridized carbons (Fsp3) is 0.727. The summed E-state index contributed by atoms with van der Waals surface area (Å²) in [6, 6.07) is 0. The van der Waals surface area contributed by atoms with Crippen LogP contribution in [0, 0.1) is 0 Å². The summed E-state index contributed by atoms with van der Waals surface area (Å²) in [5.41, 5.74) is 0.419. The molecule has 1 aliphatic heterocycles. The zero-order valence-electron chi connectivity index (χ0n) is 9.22. The minimum atomic E-state index is -0.391. The fourth-order valence-electron chi connectivity index (χ4n) is 1.33. The Labute approximate surface area is 85.5 Å². The van der Waals surface area contributed by atoms with E-state index in [0.29, 0.717) is 0 Å². The Balaban J connectivity index is 2.54. The van der Waals surface area contributed by atoms with Crippen molar-refractivity contribution in [2.24, 2.45) is 0 Å². The highest BCUT2D eigenvalue weighted by Gasteiger charge is 2.19. The van der Waals surface area contributed by atoms with E-state index in [2.05, 4.69) is 5.32 Å². The zero-order chi connectivity index (χ0) is 10.6. The highest BCUT2D eigenvalue weighted by atomic mass is 16.6. The van der Waals surface area contributed by atoms with Crippen molar-refractivity contribution in [2.75, 3.05) is 13.1 Å². The molecule has 0 amide bonds. The van der Waals surface area contributed by atoms with E-state index in [0.717, 1.165) is 31.5 Å². The maximum absolute atomic E-state index is 11.6. The minimum Gasteiger partial charge on any atom is -0.457 e. The Kier molecular flexibility index (Phi) is 3.69. The molecule has 1 N–H and O–H groups in total. The molecule has 1 heterocycles. The number of hydrogen-bond acceptors (Lipinski definition) is 3. The first-order valence-electron chi connectivity index (χ1n) is 5.12. The SMILES string of the molecule is CC(C)(C)OC(=O)C1=CCNCCC1. The lowest BCUT2D eigenvalue weighted by Gasteiger charge is -2.20. The summed E-state index contributed by atoms with van der Waals surface area (Å²) < 4.78 is 5.30. The van der Waals surface area contributed by atoms with E-state index >= 15 is 0 Å². The number of hydrogen-bond donors (Lipinski definition) is 1. The highest BCUT2D eigenvalue weighted by molar-refractivity contribution is 5.88. The largest absolute Gasteiger partial charge is 0.457 e. The van der Waals surface area contributed by atoms with Crippen molar-refractivity contribution < 1.29 is 9.53 Å². The first kappa shape index (κ1) is 11.2. The lowest BCUT2D eigenvalue weighted by molar-refractivity contribution is -0.150. The molecule has 0 unspecified atom stereocenters. The van der Waals surface area contributed by atoms with E-state index in [1.165, 1.54) is 0 Å². The first-order valence-corrected chi connectivity index (χ1v) is 5.12. The molecule has 0 atom stereocenters. The number of ether oxygens (including phenoxy) is 1. The highest BCUT2D eigenvalue weighted by Crippen LogP contribution is 2.15. The van der Waals surface area contributed by atoms with Crippen molar-refractivity contribution in [3.63, 3.8) is 0 Å². The van der Waals surface area contributed by atoms with Crippen LogP contribution in [0.25, 0.3) is 0 Å². The number of esters is 1. The second kappa shape index (κ2) is 4.60. The quantitative estimate of drug-likeness (QED) is 0.649. The number of carbonyl (C=O) groups is 1. The minimum absolute atomic E-state index is 0.166. The van der Waals surface area contributed by atoms with Crippen LogP contribution < -0.4 is 5.32 Å². The van der Waals surface area contributed by atoms with Gasteiger partial charge in [-0.3, -0.25) is 0 Å². The van der Waals surface area contributed by atoms with E-state index < -0.39 is 5.60 Å². The van der Waals surface area contributed by atoms with E-state index in [1.807, 2.05) is 26.8 Å². The molecule has 0 aromatic carbocycles. The van der Waals surface area contributed by atoms with Crippen LogP contribution in [-0.4, -0.2) is 24.7 Å². The molecule has 80 valence electrons. The standard InChI is InChI=1S/C11H19NO2/c1-11(2,3)14-10(13)9-5-4-7-12-8-6-9/h6,12H,4-5,7-8H2,1-3H3. The van der Waals surface area contributed by atoms with Gasteiger partial charge in [0.1, 0.15) is 5.60 Å². The molecule has 1 rings (SSSR count). The topological polar surface area (TPSA) is 38.3 Å². The third-order valence-corrected chi connectivity index (χ3v) is 1.95. The summed E-state index contributed by atoms with van der Waals surface area (Å²) in [7, 11) is 0. The molecule has 0 radical (unpaired) electrons. The van der Waals surface area contributed by atoms with Gasteiger partial charge in [-0.25, -0.2) is 4.79 Å².